The molecule has 7 nitrogen and oxygen atoms in total. The molecule has 1 unspecified atom stereocenters. The van der Waals surface area contributed by atoms with Crippen LogP contribution in [0.4, 0.5) is 0 Å². The minimum absolute atomic E-state index is 0.0707. The zero-order valence-corrected chi connectivity index (χ0v) is 22.8. The Morgan fingerprint density at radius 2 is 1.62 bits per heavy atom. The molecule has 3 aromatic carbocycles. The molecular formula is C32H36N2O5. The molecule has 1 aliphatic rings. The Bertz CT molecular complexity index is 1300. The van der Waals surface area contributed by atoms with Gasteiger partial charge >= 0.3 is 0 Å². The fourth-order valence-corrected chi connectivity index (χ4v) is 4.59. The van der Waals surface area contributed by atoms with Crippen LogP contribution in [0.25, 0.3) is 5.76 Å². The molecule has 204 valence electrons. The molecule has 0 saturated carbocycles. The Labute approximate surface area is 230 Å². The van der Waals surface area contributed by atoms with Crippen molar-refractivity contribution in [1.82, 2.24) is 9.80 Å². The number of carbonyl (C=O) groups excluding carboxylic acids is 2. The van der Waals surface area contributed by atoms with Gasteiger partial charge in [0.15, 0.2) is 0 Å². The van der Waals surface area contributed by atoms with Gasteiger partial charge in [-0.2, -0.15) is 0 Å². The first kappa shape index (κ1) is 27.9. The van der Waals surface area contributed by atoms with E-state index in [2.05, 4.69) is 6.92 Å². The van der Waals surface area contributed by atoms with Crippen molar-refractivity contribution in [3.05, 3.63) is 95.6 Å². The van der Waals surface area contributed by atoms with E-state index in [9.17, 15) is 14.7 Å². The molecule has 1 fully saturated rings. The summed E-state index contributed by atoms with van der Waals surface area (Å²) in [5, 5.41) is 11.4. The van der Waals surface area contributed by atoms with Gasteiger partial charge in [-0.25, -0.2) is 0 Å². The Hall–Kier alpha value is -4.10. The summed E-state index contributed by atoms with van der Waals surface area (Å²) < 4.78 is 11.8. The van der Waals surface area contributed by atoms with E-state index < -0.39 is 17.7 Å². The number of hydrogen-bond donors (Lipinski definition) is 1. The number of Topliss-reactive ketones (excluding diaryl/α,β-unsaturated/α-hetero) is 1. The molecule has 1 amide bonds. The zero-order chi connectivity index (χ0) is 27.8. The third-order valence-corrected chi connectivity index (χ3v) is 6.59. The molecule has 1 saturated heterocycles. The smallest absolute Gasteiger partial charge is 0.295 e. The maximum atomic E-state index is 13.4. The Morgan fingerprint density at radius 3 is 2.31 bits per heavy atom. The second-order valence-corrected chi connectivity index (χ2v) is 9.86. The van der Waals surface area contributed by atoms with Crippen LogP contribution < -0.4 is 9.47 Å². The Kier molecular flexibility index (Phi) is 9.39. The summed E-state index contributed by atoms with van der Waals surface area (Å²) in [6.45, 7) is 3.84. The van der Waals surface area contributed by atoms with Crippen LogP contribution in [0.5, 0.6) is 17.2 Å². The maximum absolute atomic E-state index is 13.4. The second-order valence-electron chi connectivity index (χ2n) is 9.86. The Balaban J connectivity index is 1.71. The summed E-state index contributed by atoms with van der Waals surface area (Å²) in [6.07, 6.45) is 2.66. The van der Waals surface area contributed by atoms with Crippen molar-refractivity contribution in [3.8, 4) is 17.2 Å². The number of amides is 1. The fourth-order valence-electron chi connectivity index (χ4n) is 4.59. The molecule has 1 heterocycles. The summed E-state index contributed by atoms with van der Waals surface area (Å²) in [7, 11) is 3.93. The number of aliphatic hydroxyl groups excluding tert-OH is 1. The molecule has 0 aliphatic carbocycles. The lowest BCUT2D eigenvalue weighted by atomic mass is 9.95. The number of nitrogens with zero attached hydrogens (tertiary/aromatic N) is 2. The van der Waals surface area contributed by atoms with Crippen LogP contribution in [0.1, 0.15) is 43.4 Å². The first-order valence-electron chi connectivity index (χ1n) is 13.4. The van der Waals surface area contributed by atoms with E-state index in [0.717, 1.165) is 19.4 Å². The number of likely N-dealkylation sites (tertiary alicyclic amines) is 1. The summed E-state index contributed by atoms with van der Waals surface area (Å²) in [4.78, 5) is 30.2. The highest BCUT2D eigenvalue weighted by Gasteiger charge is 2.45. The lowest BCUT2D eigenvalue weighted by molar-refractivity contribution is -0.139. The van der Waals surface area contributed by atoms with E-state index >= 15 is 0 Å². The molecule has 7 heteroatoms. The summed E-state index contributed by atoms with van der Waals surface area (Å²) in [5.74, 6) is 0.422. The van der Waals surface area contributed by atoms with E-state index in [4.69, 9.17) is 9.47 Å². The lowest BCUT2D eigenvalue weighted by Gasteiger charge is -2.26. The zero-order valence-electron chi connectivity index (χ0n) is 22.8. The normalized spacial score (nSPS) is 16.6. The van der Waals surface area contributed by atoms with Gasteiger partial charge in [-0.05, 0) is 87.6 Å². The predicted molar refractivity (Wildman–Crippen MR) is 152 cm³/mol. The number of ketones is 1. The highest BCUT2D eigenvalue weighted by molar-refractivity contribution is 6.46. The average Bonchev–Trinajstić information content (AvgIpc) is 3.19. The van der Waals surface area contributed by atoms with Crippen molar-refractivity contribution in [2.45, 2.75) is 32.2 Å². The SMILES string of the molecule is CCCCOc1ccc(/C(O)=C2\C(=O)C(=O)N(CCCN(C)C)C2c2cccc(Oc3ccccc3)c2)cc1. The van der Waals surface area contributed by atoms with Gasteiger partial charge in [-0.3, -0.25) is 9.59 Å². The van der Waals surface area contributed by atoms with Crippen LogP contribution in [0, 0.1) is 0 Å². The third kappa shape index (κ3) is 6.86. The Morgan fingerprint density at radius 1 is 0.897 bits per heavy atom. The summed E-state index contributed by atoms with van der Waals surface area (Å²) in [6, 6.07) is 22.9. The van der Waals surface area contributed by atoms with Crippen LogP contribution in [0.2, 0.25) is 0 Å². The molecule has 0 radical (unpaired) electrons. The molecule has 4 rings (SSSR count). The summed E-state index contributed by atoms with van der Waals surface area (Å²) in [5.41, 5.74) is 1.21. The van der Waals surface area contributed by atoms with Crippen molar-refractivity contribution >= 4 is 17.4 Å². The molecule has 1 N–H and O–H groups in total. The van der Waals surface area contributed by atoms with Crippen molar-refractivity contribution in [1.29, 1.82) is 0 Å². The minimum Gasteiger partial charge on any atom is -0.507 e. The van der Waals surface area contributed by atoms with Crippen molar-refractivity contribution in [3.63, 3.8) is 0 Å². The standard InChI is InChI=1S/C32H36N2O5/c1-4-5-21-38-25-17-15-23(16-18-25)30(35)28-29(34(32(37)31(28)36)20-10-19-33(2)3)24-11-9-14-27(22-24)39-26-12-7-6-8-13-26/h6-9,11-18,22,29,35H,4-5,10,19-21H2,1-3H3/b30-28+. The monoisotopic (exact) mass is 528 g/mol. The first-order chi connectivity index (χ1) is 18.9. The second kappa shape index (κ2) is 13.1. The fraction of sp³-hybridized carbons (Fsp3) is 0.312. The van der Waals surface area contributed by atoms with Gasteiger partial charge in [-0.1, -0.05) is 43.7 Å². The molecule has 1 aliphatic heterocycles. The number of hydrogen-bond acceptors (Lipinski definition) is 6. The van der Waals surface area contributed by atoms with Gasteiger partial charge in [0.05, 0.1) is 18.2 Å². The van der Waals surface area contributed by atoms with Gasteiger partial charge < -0.3 is 24.4 Å². The van der Waals surface area contributed by atoms with Crippen LogP contribution in [-0.4, -0.2) is 60.4 Å². The molecule has 0 spiro atoms. The van der Waals surface area contributed by atoms with Gasteiger partial charge in [0.1, 0.15) is 23.0 Å². The number of ether oxygens (including phenoxy) is 2. The van der Waals surface area contributed by atoms with Gasteiger partial charge in [0.2, 0.25) is 0 Å². The van der Waals surface area contributed by atoms with Gasteiger partial charge in [0, 0.05) is 12.1 Å². The molecule has 0 bridgehead atoms. The number of carbonyl (C=O) groups is 2. The average molecular weight is 529 g/mol. The van der Waals surface area contributed by atoms with E-state index in [-0.39, 0.29) is 11.3 Å². The van der Waals surface area contributed by atoms with Gasteiger partial charge in [0.25, 0.3) is 11.7 Å². The molecule has 39 heavy (non-hydrogen) atoms. The number of para-hydroxylation sites is 1. The van der Waals surface area contributed by atoms with E-state index in [1.54, 1.807) is 29.2 Å². The largest absolute Gasteiger partial charge is 0.507 e. The number of rotatable bonds is 12. The highest BCUT2D eigenvalue weighted by atomic mass is 16.5. The lowest BCUT2D eigenvalue weighted by Crippen LogP contribution is -2.32. The molecular weight excluding hydrogens is 492 g/mol. The number of aliphatic hydroxyl groups is 1. The van der Waals surface area contributed by atoms with Crippen LogP contribution in [0.15, 0.2) is 84.4 Å². The predicted octanol–water partition coefficient (Wildman–Crippen LogP) is 6.03. The quantitative estimate of drug-likeness (QED) is 0.134. The number of unbranched alkanes of at least 4 members (excludes halogenated alkanes) is 1. The van der Waals surface area contributed by atoms with Crippen molar-refractivity contribution < 1.29 is 24.2 Å². The van der Waals surface area contributed by atoms with Crippen LogP contribution in [-0.2, 0) is 9.59 Å². The minimum atomic E-state index is -0.744. The first-order valence-corrected chi connectivity index (χ1v) is 13.4. The van der Waals surface area contributed by atoms with Crippen molar-refractivity contribution in [2.24, 2.45) is 0 Å². The highest BCUT2D eigenvalue weighted by Crippen LogP contribution is 2.41. The number of benzene rings is 3. The topological polar surface area (TPSA) is 79.3 Å². The van der Waals surface area contributed by atoms with Crippen molar-refractivity contribution in [2.75, 3.05) is 33.8 Å². The van der Waals surface area contributed by atoms with E-state index in [1.165, 1.54) is 0 Å². The maximum Gasteiger partial charge on any atom is 0.295 e. The molecule has 3 aromatic rings. The van der Waals surface area contributed by atoms with Gasteiger partial charge in [-0.15, -0.1) is 0 Å². The van der Waals surface area contributed by atoms with E-state index in [0.29, 0.717) is 47.9 Å². The van der Waals surface area contributed by atoms with E-state index in [1.807, 2.05) is 73.6 Å². The third-order valence-electron chi connectivity index (χ3n) is 6.59. The molecule has 1 atom stereocenters. The van der Waals surface area contributed by atoms with Crippen LogP contribution >= 0.6 is 0 Å². The summed E-state index contributed by atoms with van der Waals surface area (Å²) >= 11 is 0. The molecule has 0 aromatic heterocycles. The van der Waals surface area contributed by atoms with Crippen LogP contribution in [0.3, 0.4) is 0 Å².